The summed E-state index contributed by atoms with van der Waals surface area (Å²) in [5.74, 6) is 0.425. The molecule has 9 heteroatoms. The van der Waals surface area contributed by atoms with Gasteiger partial charge in [0.05, 0.1) is 18.9 Å². The number of halogens is 4. The summed E-state index contributed by atoms with van der Waals surface area (Å²) in [6.07, 6.45) is -3.36. The van der Waals surface area contributed by atoms with Gasteiger partial charge in [-0.2, -0.15) is 18.3 Å². The molecule has 21 heavy (non-hydrogen) atoms. The van der Waals surface area contributed by atoms with Gasteiger partial charge in [0.15, 0.2) is 6.04 Å². The van der Waals surface area contributed by atoms with Crippen molar-refractivity contribution in [2.45, 2.75) is 31.3 Å². The molecule has 0 radical (unpaired) electrons. The average molecular weight is 322 g/mol. The Morgan fingerprint density at radius 2 is 2.29 bits per heavy atom. The van der Waals surface area contributed by atoms with E-state index in [9.17, 15) is 13.2 Å². The molecule has 5 nitrogen and oxygen atoms in total. The van der Waals surface area contributed by atoms with Gasteiger partial charge in [-0.05, 0) is 12.1 Å². The van der Waals surface area contributed by atoms with Crippen molar-refractivity contribution < 1.29 is 22.7 Å². The van der Waals surface area contributed by atoms with Crippen LogP contribution in [0.1, 0.15) is 30.0 Å². The third-order valence-electron chi connectivity index (χ3n) is 3.40. The first-order valence-electron chi connectivity index (χ1n) is 6.16. The molecule has 0 bridgehead atoms. The Labute approximate surface area is 122 Å². The van der Waals surface area contributed by atoms with Gasteiger partial charge in [-0.3, -0.25) is 0 Å². The topological polar surface area (TPSA) is 63.2 Å². The molecular weight excluding hydrogens is 311 g/mol. The van der Waals surface area contributed by atoms with Crippen molar-refractivity contribution >= 4 is 17.4 Å². The van der Waals surface area contributed by atoms with Crippen molar-refractivity contribution in [1.29, 1.82) is 0 Å². The minimum atomic E-state index is -4.48. The van der Waals surface area contributed by atoms with E-state index in [1.807, 2.05) is 0 Å². The van der Waals surface area contributed by atoms with Crippen molar-refractivity contribution in [2.75, 3.05) is 5.32 Å². The van der Waals surface area contributed by atoms with Gasteiger partial charge in [0.1, 0.15) is 22.3 Å². The van der Waals surface area contributed by atoms with Crippen LogP contribution in [0.5, 0.6) is 0 Å². The van der Waals surface area contributed by atoms with Gasteiger partial charge in [-0.25, -0.2) is 4.68 Å². The van der Waals surface area contributed by atoms with Crippen molar-refractivity contribution in [2.24, 2.45) is 0 Å². The van der Waals surface area contributed by atoms with Crippen LogP contribution >= 0.6 is 11.6 Å². The molecular formula is C12H11ClF3N3O2. The number of rotatable bonds is 2. The van der Waals surface area contributed by atoms with Gasteiger partial charge in [0.2, 0.25) is 0 Å². The van der Waals surface area contributed by atoms with Crippen LogP contribution in [0.2, 0.25) is 5.02 Å². The van der Waals surface area contributed by atoms with E-state index in [1.54, 1.807) is 12.1 Å². The smallest absolute Gasteiger partial charge is 0.410 e. The number of nitrogens with zero attached hydrogens (tertiary/aromatic N) is 2. The maximum Gasteiger partial charge on any atom is 0.410 e. The second kappa shape index (κ2) is 4.96. The summed E-state index contributed by atoms with van der Waals surface area (Å²) in [7, 11) is 0. The number of nitrogens with one attached hydrogen (secondary N) is 1. The standard InChI is InChI=1S/C12H11ClF3N3O2/c13-10-7(5-20)18-19-9(12(14,15)16)4-6(17-11(10)19)8-2-1-3-21-8/h1-3,6,9,17,20H,4-5H2/t6-,9-/m1/s1. The number of hydrogen-bond acceptors (Lipinski definition) is 4. The zero-order valence-corrected chi connectivity index (χ0v) is 11.3. The Balaban J connectivity index is 2.07. The Morgan fingerprint density at radius 3 is 2.86 bits per heavy atom. The highest BCUT2D eigenvalue weighted by molar-refractivity contribution is 6.33. The molecule has 1 aliphatic rings. The summed E-state index contributed by atoms with van der Waals surface area (Å²) in [5, 5.41) is 15.7. The third-order valence-corrected chi connectivity index (χ3v) is 3.80. The molecule has 0 fully saturated rings. The summed E-state index contributed by atoms with van der Waals surface area (Å²) in [6.45, 7) is -0.531. The molecule has 3 rings (SSSR count). The minimum absolute atomic E-state index is 0.00788. The quantitative estimate of drug-likeness (QED) is 0.891. The number of alkyl halides is 3. The lowest BCUT2D eigenvalue weighted by Gasteiger charge is -2.32. The van der Waals surface area contributed by atoms with Crippen LogP contribution in [0.15, 0.2) is 22.8 Å². The fraction of sp³-hybridized carbons (Fsp3) is 0.417. The second-order valence-corrected chi connectivity index (χ2v) is 5.10. The number of anilines is 1. The lowest BCUT2D eigenvalue weighted by atomic mass is 10.0. The lowest BCUT2D eigenvalue weighted by Crippen LogP contribution is -2.35. The molecule has 0 aliphatic carbocycles. The van der Waals surface area contributed by atoms with E-state index in [1.165, 1.54) is 6.26 Å². The number of hydrogen-bond donors (Lipinski definition) is 2. The second-order valence-electron chi connectivity index (χ2n) is 4.72. The van der Waals surface area contributed by atoms with Crippen LogP contribution in [0.3, 0.4) is 0 Å². The lowest BCUT2D eigenvalue weighted by molar-refractivity contribution is -0.174. The third kappa shape index (κ3) is 2.38. The summed E-state index contributed by atoms with van der Waals surface area (Å²) in [6, 6.07) is 0.700. The molecule has 2 aromatic rings. The van der Waals surface area contributed by atoms with E-state index in [4.69, 9.17) is 21.1 Å². The zero-order chi connectivity index (χ0) is 15.2. The van der Waals surface area contributed by atoms with Crippen LogP contribution in [0.4, 0.5) is 19.0 Å². The van der Waals surface area contributed by atoms with E-state index < -0.39 is 24.9 Å². The van der Waals surface area contributed by atoms with Gasteiger partial charge in [-0.1, -0.05) is 11.6 Å². The number of aromatic nitrogens is 2. The van der Waals surface area contributed by atoms with Crippen LogP contribution in [0, 0.1) is 0 Å². The fourth-order valence-corrected chi connectivity index (χ4v) is 2.65. The number of aliphatic hydroxyl groups is 1. The summed E-state index contributed by atoms with van der Waals surface area (Å²) in [4.78, 5) is 0. The van der Waals surface area contributed by atoms with Gasteiger partial charge >= 0.3 is 6.18 Å². The SMILES string of the molecule is OCc1nn2c(c1Cl)N[C@@H](c1ccco1)C[C@@H]2C(F)(F)F. The highest BCUT2D eigenvalue weighted by Gasteiger charge is 2.47. The Morgan fingerprint density at radius 1 is 1.52 bits per heavy atom. The summed E-state index contributed by atoms with van der Waals surface area (Å²) >= 11 is 5.98. The molecule has 0 saturated heterocycles. The molecule has 0 saturated carbocycles. The molecule has 2 aromatic heterocycles. The Bertz CT molecular complexity index is 639. The zero-order valence-electron chi connectivity index (χ0n) is 10.6. The molecule has 2 N–H and O–H groups in total. The molecule has 0 aromatic carbocycles. The highest BCUT2D eigenvalue weighted by atomic mass is 35.5. The van der Waals surface area contributed by atoms with E-state index >= 15 is 0 Å². The first-order valence-corrected chi connectivity index (χ1v) is 6.54. The first-order chi connectivity index (χ1) is 9.91. The van der Waals surface area contributed by atoms with Crippen molar-refractivity contribution in [1.82, 2.24) is 9.78 Å². The van der Waals surface area contributed by atoms with Crippen LogP contribution in [0.25, 0.3) is 0 Å². The van der Waals surface area contributed by atoms with E-state index in [2.05, 4.69) is 10.4 Å². The predicted molar refractivity (Wildman–Crippen MR) is 67.9 cm³/mol. The van der Waals surface area contributed by atoms with Crippen molar-refractivity contribution in [3.63, 3.8) is 0 Å². The number of furan rings is 1. The predicted octanol–water partition coefficient (Wildman–Crippen LogP) is 3.28. The molecule has 0 spiro atoms. The van der Waals surface area contributed by atoms with E-state index in [0.29, 0.717) is 5.76 Å². The van der Waals surface area contributed by atoms with Gasteiger partial charge in [-0.15, -0.1) is 0 Å². The van der Waals surface area contributed by atoms with Crippen LogP contribution < -0.4 is 5.32 Å². The Hall–Kier alpha value is -1.67. The van der Waals surface area contributed by atoms with Crippen LogP contribution in [-0.2, 0) is 6.61 Å². The fourth-order valence-electron chi connectivity index (χ4n) is 2.41. The summed E-state index contributed by atoms with van der Waals surface area (Å²) < 4.78 is 45.7. The molecule has 114 valence electrons. The number of aliphatic hydroxyl groups excluding tert-OH is 1. The molecule has 2 atom stereocenters. The maximum absolute atomic E-state index is 13.3. The summed E-state index contributed by atoms with van der Waals surface area (Å²) in [5.41, 5.74) is 0.00788. The molecule has 3 heterocycles. The van der Waals surface area contributed by atoms with E-state index in [-0.39, 0.29) is 23.0 Å². The molecule has 1 aliphatic heterocycles. The highest BCUT2D eigenvalue weighted by Crippen LogP contribution is 2.46. The number of fused-ring (bicyclic) bond motifs is 1. The largest absolute Gasteiger partial charge is 0.467 e. The minimum Gasteiger partial charge on any atom is -0.467 e. The first kappa shape index (κ1) is 14.3. The van der Waals surface area contributed by atoms with E-state index in [0.717, 1.165) is 4.68 Å². The van der Waals surface area contributed by atoms with Crippen molar-refractivity contribution in [3.8, 4) is 0 Å². The van der Waals surface area contributed by atoms with Crippen molar-refractivity contribution in [3.05, 3.63) is 34.9 Å². The van der Waals surface area contributed by atoms with Gasteiger partial charge < -0.3 is 14.8 Å². The maximum atomic E-state index is 13.3. The Kier molecular flexibility index (Phi) is 3.37. The van der Waals surface area contributed by atoms with Crippen LogP contribution in [-0.4, -0.2) is 21.1 Å². The molecule has 0 unspecified atom stereocenters. The van der Waals surface area contributed by atoms with Gasteiger partial charge in [0, 0.05) is 6.42 Å². The monoisotopic (exact) mass is 321 g/mol. The normalized spacial score (nSPS) is 22.0. The average Bonchev–Trinajstić information content (AvgIpc) is 3.05. The van der Waals surface area contributed by atoms with Gasteiger partial charge in [0.25, 0.3) is 0 Å². The molecule has 0 amide bonds.